The molecule has 0 bridgehead atoms. The van der Waals surface area contributed by atoms with Crippen LogP contribution in [0.15, 0.2) is 24.3 Å². The van der Waals surface area contributed by atoms with Gasteiger partial charge in [0.15, 0.2) is 0 Å². The predicted octanol–water partition coefficient (Wildman–Crippen LogP) is 1.52. The number of hydrogen-bond donors (Lipinski definition) is 2. The van der Waals surface area contributed by atoms with Crippen LogP contribution in [0.4, 0.5) is 8.78 Å². The molecular formula is C11H14ClF2NO3. The number of carbonyl (C=O) groups excluding carboxylic acids is 1. The van der Waals surface area contributed by atoms with E-state index in [9.17, 15) is 13.6 Å². The first-order chi connectivity index (χ1) is 7.94. The minimum Gasteiger partial charge on any atom is -0.465 e. The molecule has 102 valence electrons. The van der Waals surface area contributed by atoms with Crippen molar-refractivity contribution in [3.63, 3.8) is 0 Å². The number of aliphatic hydroxyl groups is 1. The van der Waals surface area contributed by atoms with Crippen molar-refractivity contribution < 1.29 is 23.4 Å². The molecule has 4 nitrogen and oxygen atoms in total. The molecule has 1 aromatic carbocycles. The molecule has 7 heteroatoms. The van der Waals surface area contributed by atoms with Gasteiger partial charge in [0, 0.05) is 0 Å². The third-order valence-corrected chi connectivity index (χ3v) is 2.37. The number of ether oxygens (including phenoxy) is 1. The minimum atomic E-state index is -3.50. The van der Waals surface area contributed by atoms with Crippen LogP contribution in [0.25, 0.3) is 0 Å². The Kier molecular flexibility index (Phi) is 6.17. The molecule has 0 spiro atoms. The van der Waals surface area contributed by atoms with Crippen LogP contribution in [0.2, 0.25) is 0 Å². The molecule has 1 rings (SSSR count). The topological polar surface area (TPSA) is 72.5 Å². The highest BCUT2D eigenvalue weighted by atomic mass is 35.5. The monoisotopic (exact) mass is 281 g/mol. The van der Waals surface area contributed by atoms with Gasteiger partial charge in [-0.25, -0.2) is 13.6 Å². The van der Waals surface area contributed by atoms with E-state index >= 15 is 0 Å². The third-order valence-electron chi connectivity index (χ3n) is 2.37. The molecule has 0 fully saturated rings. The van der Waals surface area contributed by atoms with E-state index in [1.165, 1.54) is 24.3 Å². The number of benzene rings is 1. The molecule has 0 saturated carbocycles. The highest BCUT2D eigenvalue weighted by Crippen LogP contribution is 2.30. The molecule has 1 aromatic rings. The normalized spacial score (nSPS) is 12.5. The molecule has 0 heterocycles. The number of esters is 1. The fourth-order valence-electron chi connectivity index (χ4n) is 1.39. The first kappa shape index (κ1) is 16.8. The Morgan fingerprint density at radius 2 is 2.06 bits per heavy atom. The smallest absolute Gasteiger partial charge is 0.338 e. The maximum Gasteiger partial charge on any atom is 0.338 e. The molecule has 0 aliphatic rings. The van der Waals surface area contributed by atoms with Crippen LogP contribution in [0.5, 0.6) is 0 Å². The largest absolute Gasteiger partial charge is 0.465 e. The first-order valence-corrected chi connectivity index (χ1v) is 4.85. The van der Waals surface area contributed by atoms with Gasteiger partial charge in [0.2, 0.25) is 0 Å². The Bertz CT molecular complexity index is 415. The van der Waals surface area contributed by atoms with Gasteiger partial charge in [0.25, 0.3) is 5.92 Å². The van der Waals surface area contributed by atoms with Gasteiger partial charge in [-0.05, 0) is 11.6 Å². The highest BCUT2D eigenvalue weighted by Gasteiger charge is 2.39. The van der Waals surface area contributed by atoms with Crippen molar-refractivity contribution in [2.45, 2.75) is 12.0 Å². The van der Waals surface area contributed by atoms with E-state index < -0.39 is 24.5 Å². The van der Waals surface area contributed by atoms with E-state index in [4.69, 9.17) is 10.8 Å². The standard InChI is InChI=1S/C11H13F2NO3.ClH/c1-17-10(16)8-5-3-2-4-7(8)9(14)11(12,13)6-15;/h2-5,9,15H,6,14H2,1H3;1H/t9-;/m1./s1. The summed E-state index contributed by atoms with van der Waals surface area (Å²) in [5, 5.41) is 8.57. The highest BCUT2D eigenvalue weighted by molar-refractivity contribution is 5.91. The van der Waals surface area contributed by atoms with Gasteiger partial charge in [-0.2, -0.15) is 0 Å². The quantitative estimate of drug-likeness (QED) is 0.821. The first-order valence-electron chi connectivity index (χ1n) is 4.85. The van der Waals surface area contributed by atoms with E-state index in [1.807, 2.05) is 0 Å². The molecule has 0 aromatic heterocycles. The second-order valence-electron chi connectivity index (χ2n) is 3.48. The number of methoxy groups -OCH3 is 1. The van der Waals surface area contributed by atoms with Crippen LogP contribution < -0.4 is 5.73 Å². The maximum atomic E-state index is 13.3. The molecule has 18 heavy (non-hydrogen) atoms. The zero-order valence-corrected chi connectivity index (χ0v) is 10.4. The maximum absolute atomic E-state index is 13.3. The second-order valence-corrected chi connectivity index (χ2v) is 3.48. The lowest BCUT2D eigenvalue weighted by atomic mass is 9.96. The zero-order valence-electron chi connectivity index (χ0n) is 9.60. The molecule has 3 N–H and O–H groups in total. The Balaban J connectivity index is 0.00000289. The van der Waals surface area contributed by atoms with Gasteiger partial charge in [0.1, 0.15) is 6.61 Å². The zero-order chi connectivity index (χ0) is 13.1. The fraction of sp³-hybridized carbons (Fsp3) is 0.364. The van der Waals surface area contributed by atoms with Crippen molar-refractivity contribution >= 4 is 18.4 Å². The summed E-state index contributed by atoms with van der Waals surface area (Å²) in [6, 6.07) is 3.88. The van der Waals surface area contributed by atoms with E-state index in [0.29, 0.717) is 0 Å². The van der Waals surface area contributed by atoms with E-state index in [-0.39, 0.29) is 23.5 Å². The Labute approximate surface area is 109 Å². The Hall–Kier alpha value is -1.24. The summed E-state index contributed by atoms with van der Waals surface area (Å²) in [5.41, 5.74) is 5.27. The van der Waals surface area contributed by atoms with Crippen LogP contribution in [-0.4, -0.2) is 30.7 Å². The van der Waals surface area contributed by atoms with Crippen molar-refractivity contribution in [2.24, 2.45) is 5.73 Å². The second kappa shape index (κ2) is 6.63. The lowest BCUT2D eigenvalue weighted by Crippen LogP contribution is -2.37. The summed E-state index contributed by atoms with van der Waals surface area (Å²) in [6.07, 6.45) is 0. The average Bonchev–Trinajstić information content (AvgIpc) is 2.36. The van der Waals surface area contributed by atoms with Crippen LogP contribution >= 0.6 is 12.4 Å². The van der Waals surface area contributed by atoms with Crippen LogP contribution in [0, 0.1) is 0 Å². The summed E-state index contributed by atoms with van der Waals surface area (Å²) in [7, 11) is 1.15. The van der Waals surface area contributed by atoms with Crippen molar-refractivity contribution in [3.8, 4) is 0 Å². The summed E-state index contributed by atoms with van der Waals surface area (Å²) < 4.78 is 31.0. The van der Waals surface area contributed by atoms with Crippen LogP contribution in [0.3, 0.4) is 0 Å². The fourth-order valence-corrected chi connectivity index (χ4v) is 1.39. The molecule has 0 amide bonds. The SMILES string of the molecule is COC(=O)c1ccccc1[C@@H](N)C(F)(F)CO.Cl. The van der Waals surface area contributed by atoms with E-state index in [2.05, 4.69) is 4.74 Å². The van der Waals surface area contributed by atoms with Crippen LogP contribution in [-0.2, 0) is 4.74 Å². The molecule has 1 atom stereocenters. The molecule has 0 aliphatic heterocycles. The lowest BCUT2D eigenvalue weighted by molar-refractivity contribution is -0.0713. The number of hydrogen-bond acceptors (Lipinski definition) is 4. The van der Waals surface area contributed by atoms with Gasteiger partial charge >= 0.3 is 5.97 Å². The summed E-state index contributed by atoms with van der Waals surface area (Å²) in [6.45, 7) is -1.39. The molecular weight excluding hydrogens is 268 g/mol. The predicted molar refractivity (Wildman–Crippen MR) is 64.0 cm³/mol. The van der Waals surface area contributed by atoms with Crippen molar-refractivity contribution in [2.75, 3.05) is 13.7 Å². The Morgan fingerprint density at radius 1 is 1.50 bits per heavy atom. The van der Waals surface area contributed by atoms with Crippen molar-refractivity contribution in [1.29, 1.82) is 0 Å². The number of nitrogens with two attached hydrogens (primary N) is 1. The van der Waals surface area contributed by atoms with Gasteiger partial charge in [-0.3, -0.25) is 0 Å². The molecule has 0 aliphatic carbocycles. The summed E-state index contributed by atoms with van der Waals surface area (Å²) in [4.78, 5) is 11.4. The van der Waals surface area contributed by atoms with E-state index in [1.54, 1.807) is 0 Å². The summed E-state index contributed by atoms with van der Waals surface area (Å²) >= 11 is 0. The van der Waals surface area contributed by atoms with Crippen LogP contribution in [0.1, 0.15) is 22.0 Å². The summed E-state index contributed by atoms with van der Waals surface area (Å²) in [5.74, 6) is -4.24. The number of alkyl halides is 2. The minimum absolute atomic E-state index is 0. The molecule has 0 saturated heterocycles. The van der Waals surface area contributed by atoms with Gasteiger partial charge in [-0.15, -0.1) is 12.4 Å². The van der Waals surface area contributed by atoms with Crippen molar-refractivity contribution in [3.05, 3.63) is 35.4 Å². The number of rotatable bonds is 4. The van der Waals surface area contributed by atoms with Gasteiger partial charge < -0.3 is 15.6 Å². The number of halogens is 3. The molecule has 0 unspecified atom stereocenters. The number of carbonyl (C=O) groups is 1. The van der Waals surface area contributed by atoms with Gasteiger partial charge in [0.05, 0.1) is 18.7 Å². The van der Waals surface area contributed by atoms with Gasteiger partial charge in [-0.1, -0.05) is 18.2 Å². The van der Waals surface area contributed by atoms with E-state index in [0.717, 1.165) is 7.11 Å². The lowest BCUT2D eigenvalue weighted by Gasteiger charge is -2.23. The average molecular weight is 282 g/mol. The third kappa shape index (κ3) is 3.38. The van der Waals surface area contributed by atoms with Crippen molar-refractivity contribution in [1.82, 2.24) is 0 Å². The molecule has 0 radical (unpaired) electrons. The number of aliphatic hydroxyl groups excluding tert-OH is 1. The Morgan fingerprint density at radius 3 is 2.56 bits per heavy atom.